The molecule has 22 heavy (non-hydrogen) atoms. The smallest absolute Gasteiger partial charge is 0.411 e. The van der Waals surface area contributed by atoms with Crippen LogP contribution in [0.2, 0.25) is 18.1 Å². The van der Waals surface area contributed by atoms with E-state index in [4.69, 9.17) is 9.16 Å². The van der Waals surface area contributed by atoms with E-state index in [1.165, 1.54) is 0 Å². The van der Waals surface area contributed by atoms with Crippen LogP contribution in [-0.4, -0.2) is 27.0 Å². The van der Waals surface area contributed by atoms with E-state index in [2.05, 4.69) is 26.1 Å². The highest BCUT2D eigenvalue weighted by Gasteiger charge is 2.40. The first-order valence-electron chi connectivity index (χ1n) is 7.34. The third-order valence-corrected chi connectivity index (χ3v) is 8.08. The zero-order valence-corrected chi connectivity index (χ0v) is 15.1. The number of ether oxygens (including phenoxy) is 1. The molecule has 6 heteroatoms. The molecule has 1 aromatic rings. The standard InChI is InChI=1S/C16H25NO4Si/c1-7-20-15(19)17-13-10-8-9-12(11-13)14(18)21-22(5,6)16(2,3)4/h8-11H,7H2,1-6H3,(H,17,19). The Kier molecular flexibility index (Phi) is 5.76. The highest BCUT2D eigenvalue weighted by molar-refractivity contribution is 6.75. The predicted molar refractivity (Wildman–Crippen MR) is 89.7 cm³/mol. The average Bonchev–Trinajstić information content (AvgIpc) is 2.37. The second-order valence-electron chi connectivity index (χ2n) is 6.58. The monoisotopic (exact) mass is 323 g/mol. The maximum Gasteiger partial charge on any atom is 0.411 e. The topological polar surface area (TPSA) is 64.6 Å². The molecular weight excluding hydrogens is 298 g/mol. The largest absolute Gasteiger partial charge is 0.516 e. The van der Waals surface area contributed by atoms with E-state index in [9.17, 15) is 9.59 Å². The molecule has 0 unspecified atom stereocenters. The van der Waals surface area contributed by atoms with Crippen LogP contribution in [0.25, 0.3) is 0 Å². The van der Waals surface area contributed by atoms with E-state index in [0.717, 1.165) is 0 Å². The zero-order chi connectivity index (χ0) is 17.0. The molecule has 1 amide bonds. The van der Waals surface area contributed by atoms with Crippen LogP contribution in [0, 0.1) is 0 Å². The quantitative estimate of drug-likeness (QED) is 0.833. The molecule has 0 aliphatic heterocycles. The minimum absolute atomic E-state index is 0.0521. The summed E-state index contributed by atoms with van der Waals surface area (Å²) in [6, 6.07) is 6.65. The number of benzene rings is 1. The molecule has 0 aliphatic carbocycles. The second-order valence-corrected chi connectivity index (χ2v) is 11.3. The molecule has 1 N–H and O–H groups in total. The predicted octanol–water partition coefficient (Wildman–Crippen LogP) is 4.42. The first-order valence-corrected chi connectivity index (χ1v) is 10.2. The lowest BCUT2D eigenvalue weighted by Crippen LogP contribution is -2.42. The van der Waals surface area contributed by atoms with Crippen LogP contribution in [0.3, 0.4) is 0 Å². The van der Waals surface area contributed by atoms with Gasteiger partial charge in [-0.2, -0.15) is 0 Å². The molecular formula is C16H25NO4Si. The van der Waals surface area contributed by atoms with Crippen molar-refractivity contribution in [1.82, 2.24) is 0 Å². The normalized spacial score (nSPS) is 11.7. The number of hydrogen-bond donors (Lipinski definition) is 1. The van der Waals surface area contributed by atoms with Gasteiger partial charge < -0.3 is 9.16 Å². The van der Waals surface area contributed by atoms with Crippen LogP contribution < -0.4 is 5.32 Å². The van der Waals surface area contributed by atoms with Crippen molar-refractivity contribution in [2.45, 2.75) is 45.8 Å². The Morgan fingerprint density at radius 1 is 1.23 bits per heavy atom. The summed E-state index contributed by atoms with van der Waals surface area (Å²) in [6.07, 6.45) is -0.544. The minimum atomic E-state index is -2.17. The van der Waals surface area contributed by atoms with E-state index in [-0.39, 0.29) is 11.0 Å². The van der Waals surface area contributed by atoms with E-state index in [1.54, 1.807) is 31.2 Å². The number of nitrogens with one attached hydrogen (secondary N) is 1. The maximum absolute atomic E-state index is 12.3. The van der Waals surface area contributed by atoms with Gasteiger partial charge >= 0.3 is 12.1 Å². The lowest BCUT2D eigenvalue weighted by molar-refractivity contribution is 0.0712. The molecule has 0 atom stereocenters. The van der Waals surface area contributed by atoms with Gasteiger partial charge in [-0.1, -0.05) is 26.8 Å². The fraction of sp³-hybridized carbons (Fsp3) is 0.500. The summed E-state index contributed by atoms with van der Waals surface area (Å²) in [4.78, 5) is 23.8. The van der Waals surface area contributed by atoms with E-state index >= 15 is 0 Å². The minimum Gasteiger partial charge on any atom is -0.516 e. The Labute approximate surface area is 133 Å². The molecule has 5 nitrogen and oxygen atoms in total. The van der Waals surface area contributed by atoms with Gasteiger partial charge in [0.05, 0.1) is 12.2 Å². The van der Waals surface area contributed by atoms with Gasteiger partial charge in [0, 0.05) is 5.69 Å². The van der Waals surface area contributed by atoms with E-state index in [0.29, 0.717) is 17.9 Å². The van der Waals surface area contributed by atoms with Gasteiger partial charge in [-0.15, -0.1) is 0 Å². The third kappa shape index (κ3) is 4.87. The van der Waals surface area contributed by atoms with Gasteiger partial charge in [0.1, 0.15) is 0 Å². The highest BCUT2D eigenvalue weighted by Crippen LogP contribution is 2.37. The van der Waals surface area contributed by atoms with Crippen LogP contribution >= 0.6 is 0 Å². The highest BCUT2D eigenvalue weighted by atomic mass is 28.4. The van der Waals surface area contributed by atoms with Gasteiger partial charge in [0.25, 0.3) is 8.32 Å². The molecule has 1 rings (SSSR count). The molecule has 0 bridgehead atoms. The van der Waals surface area contributed by atoms with Crippen molar-refractivity contribution in [3.8, 4) is 0 Å². The lowest BCUT2D eigenvalue weighted by atomic mass is 10.2. The van der Waals surface area contributed by atoms with Crippen molar-refractivity contribution >= 4 is 26.1 Å². The SMILES string of the molecule is CCOC(=O)Nc1cccc(C(=O)O[Si](C)(C)C(C)(C)C)c1. The Balaban J connectivity index is 2.85. The van der Waals surface area contributed by atoms with Crippen LogP contribution in [0.4, 0.5) is 10.5 Å². The van der Waals surface area contributed by atoms with Gasteiger partial charge in [-0.25, -0.2) is 9.59 Å². The van der Waals surface area contributed by atoms with Crippen molar-refractivity contribution in [1.29, 1.82) is 0 Å². The molecule has 0 aromatic heterocycles. The first-order chi connectivity index (χ1) is 10.1. The number of carbonyl (C=O) groups is 2. The summed E-state index contributed by atoms with van der Waals surface area (Å²) in [7, 11) is -2.17. The summed E-state index contributed by atoms with van der Waals surface area (Å²) >= 11 is 0. The van der Waals surface area contributed by atoms with Crippen molar-refractivity contribution in [2.75, 3.05) is 11.9 Å². The number of anilines is 1. The van der Waals surface area contributed by atoms with Crippen molar-refractivity contribution in [2.24, 2.45) is 0 Å². The number of hydrogen-bond acceptors (Lipinski definition) is 4. The van der Waals surface area contributed by atoms with Crippen molar-refractivity contribution < 1.29 is 18.8 Å². The molecule has 122 valence electrons. The van der Waals surface area contributed by atoms with Crippen molar-refractivity contribution in [3.05, 3.63) is 29.8 Å². The van der Waals surface area contributed by atoms with E-state index < -0.39 is 14.4 Å². The van der Waals surface area contributed by atoms with Crippen LogP contribution in [0.5, 0.6) is 0 Å². The van der Waals surface area contributed by atoms with E-state index in [1.807, 2.05) is 13.1 Å². The molecule has 1 aromatic carbocycles. The number of amides is 1. The van der Waals surface area contributed by atoms with Gasteiger partial charge in [0.2, 0.25) is 0 Å². The second kappa shape index (κ2) is 6.96. The summed E-state index contributed by atoms with van der Waals surface area (Å²) in [5.74, 6) is -0.362. The summed E-state index contributed by atoms with van der Waals surface area (Å²) in [6.45, 7) is 12.3. The fourth-order valence-electron chi connectivity index (χ4n) is 1.45. The van der Waals surface area contributed by atoms with Crippen LogP contribution in [-0.2, 0) is 9.16 Å². The summed E-state index contributed by atoms with van der Waals surface area (Å²) in [5, 5.41) is 2.52. The fourth-order valence-corrected chi connectivity index (χ4v) is 2.34. The molecule has 0 saturated carbocycles. The zero-order valence-electron chi connectivity index (χ0n) is 14.1. The molecule has 0 saturated heterocycles. The molecule has 0 radical (unpaired) electrons. The number of rotatable bonds is 4. The Morgan fingerprint density at radius 3 is 2.41 bits per heavy atom. The maximum atomic E-state index is 12.3. The molecule has 0 heterocycles. The van der Waals surface area contributed by atoms with Gasteiger partial charge in [-0.3, -0.25) is 5.32 Å². The van der Waals surface area contributed by atoms with Crippen molar-refractivity contribution in [3.63, 3.8) is 0 Å². The van der Waals surface area contributed by atoms with Crippen LogP contribution in [0.1, 0.15) is 38.1 Å². The Bertz CT molecular complexity index is 549. The molecule has 0 spiro atoms. The summed E-state index contributed by atoms with van der Waals surface area (Å²) in [5.41, 5.74) is 0.919. The first kappa shape index (κ1) is 18.2. The Hall–Kier alpha value is -1.82. The number of carbonyl (C=O) groups excluding carboxylic acids is 2. The average molecular weight is 323 g/mol. The molecule has 0 aliphatic rings. The lowest BCUT2D eigenvalue weighted by Gasteiger charge is -2.35. The third-order valence-electron chi connectivity index (χ3n) is 3.77. The summed E-state index contributed by atoms with van der Waals surface area (Å²) < 4.78 is 10.6. The van der Waals surface area contributed by atoms with Gasteiger partial charge in [-0.05, 0) is 43.3 Å². The molecule has 0 fully saturated rings. The Morgan fingerprint density at radius 2 is 1.86 bits per heavy atom. The van der Waals surface area contributed by atoms with Gasteiger partial charge in [0.15, 0.2) is 0 Å². The van der Waals surface area contributed by atoms with Crippen LogP contribution in [0.15, 0.2) is 24.3 Å².